The van der Waals surface area contributed by atoms with Crippen LogP contribution < -0.4 is 0 Å². The van der Waals surface area contributed by atoms with Crippen molar-refractivity contribution >= 4 is 16.9 Å². The van der Waals surface area contributed by atoms with E-state index in [-0.39, 0.29) is 5.56 Å². The Morgan fingerprint density at radius 2 is 1.90 bits per heavy atom. The Kier molecular flexibility index (Phi) is 3.36. The first-order valence-corrected chi connectivity index (χ1v) is 6.76. The Bertz CT molecular complexity index is 814. The second kappa shape index (κ2) is 5.32. The van der Waals surface area contributed by atoms with Gasteiger partial charge < -0.3 is 5.11 Å². The van der Waals surface area contributed by atoms with E-state index in [1.165, 1.54) is 0 Å². The topological polar surface area (TPSA) is 63.1 Å². The van der Waals surface area contributed by atoms with E-state index < -0.39 is 5.97 Å². The first-order chi connectivity index (χ1) is 10.2. The molecule has 2 heterocycles. The van der Waals surface area contributed by atoms with Crippen molar-refractivity contribution in [3.05, 3.63) is 59.9 Å². The van der Waals surface area contributed by atoms with Crippen molar-refractivity contribution in [1.29, 1.82) is 0 Å². The van der Waals surface area contributed by atoms with Crippen LogP contribution in [0, 0.1) is 0 Å². The summed E-state index contributed by atoms with van der Waals surface area (Å²) < 4.78 is 0. The molecule has 0 amide bonds. The number of aromatic nitrogens is 2. The average molecular weight is 278 g/mol. The van der Waals surface area contributed by atoms with Crippen LogP contribution in [0.25, 0.3) is 22.2 Å². The molecule has 3 rings (SSSR count). The summed E-state index contributed by atoms with van der Waals surface area (Å²) in [6.45, 7) is 2.04. The number of hydrogen-bond donors (Lipinski definition) is 1. The van der Waals surface area contributed by atoms with Crippen LogP contribution in [0.4, 0.5) is 0 Å². The number of carboxylic acids is 1. The van der Waals surface area contributed by atoms with E-state index in [0.29, 0.717) is 16.6 Å². The summed E-state index contributed by atoms with van der Waals surface area (Å²) >= 11 is 0. The number of aromatic carboxylic acids is 1. The predicted octanol–water partition coefficient (Wildman–Crippen LogP) is 3.56. The van der Waals surface area contributed by atoms with Gasteiger partial charge in [0.15, 0.2) is 0 Å². The van der Waals surface area contributed by atoms with Gasteiger partial charge in [0.1, 0.15) is 0 Å². The largest absolute Gasteiger partial charge is 0.478 e. The lowest BCUT2D eigenvalue weighted by Crippen LogP contribution is -2.01. The number of benzene rings is 1. The van der Waals surface area contributed by atoms with Gasteiger partial charge in [-0.2, -0.15) is 0 Å². The summed E-state index contributed by atoms with van der Waals surface area (Å²) in [6, 6.07) is 11.0. The van der Waals surface area contributed by atoms with Crippen molar-refractivity contribution in [3.63, 3.8) is 0 Å². The van der Waals surface area contributed by atoms with Crippen molar-refractivity contribution in [3.8, 4) is 11.3 Å². The molecule has 0 radical (unpaired) electrons. The summed E-state index contributed by atoms with van der Waals surface area (Å²) in [5, 5.41) is 10.2. The fourth-order valence-corrected chi connectivity index (χ4v) is 2.34. The number of hydrogen-bond acceptors (Lipinski definition) is 3. The van der Waals surface area contributed by atoms with Crippen LogP contribution in [0.2, 0.25) is 0 Å². The lowest BCUT2D eigenvalue weighted by atomic mass is 10.0. The van der Waals surface area contributed by atoms with E-state index in [1.54, 1.807) is 18.5 Å². The molecular weight excluding hydrogens is 264 g/mol. The molecule has 2 aromatic heterocycles. The third-order valence-electron chi connectivity index (χ3n) is 3.49. The normalized spacial score (nSPS) is 10.7. The van der Waals surface area contributed by atoms with E-state index in [9.17, 15) is 9.90 Å². The Hall–Kier alpha value is -2.75. The van der Waals surface area contributed by atoms with Gasteiger partial charge in [-0.05, 0) is 42.3 Å². The van der Waals surface area contributed by atoms with Crippen LogP contribution >= 0.6 is 0 Å². The highest BCUT2D eigenvalue weighted by Crippen LogP contribution is 2.25. The lowest BCUT2D eigenvalue weighted by Gasteiger charge is -2.08. The zero-order valence-electron chi connectivity index (χ0n) is 11.6. The zero-order valence-corrected chi connectivity index (χ0v) is 11.6. The van der Waals surface area contributed by atoms with Crippen molar-refractivity contribution in [2.75, 3.05) is 0 Å². The SMILES string of the molecule is CCc1ccc2nc(-c3ccncc3)cc(C(=O)O)c2c1. The molecule has 104 valence electrons. The molecule has 0 aliphatic heterocycles. The average Bonchev–Trinajstić information content (AvgIpc) is 2.54. The van der Waals surface area contributed by atoms with Gasteiger partial charge in [0, 0.05) is 23.3 Å². The lowest BCUT2D eigenvalue weighted by molar-refractivity contribution is 0.0699. The second-order valence-corrected chi connectivity index (χ2v) is 4.80. The summed E-state index contributed by atoms with van der Waals surface area (Å²) in [7, 11) is 0. The smallest absolute Gasteiger partial charge is 0.336 e. The van der Waals surface area contributed by atoms with Gasteiger partial charge in [0.2, 0.25) is 0 Å². The zero-order chi connectivity index (χ0) is 14.8. The molecule has 0 aliphatic carbocycles. The Morgan fingerprint density at radius 3 is 2.57 bits per heavy atom. The Balaban J connectivity index is 2.29. The predicted molar refractivity (Wildman–Crippen MR) is 81.3 cm³/mol. The summed E-state index contributed by atoms with van der Waals surface area (Å²) in [4.78, 5) is 20.1. The highest BCUT2D eigenvalue weighted by molar-refractivity contribution is 6.03. The minimum atomic E-state index is -0.939. The molecule has 0 saturated heterocycles. The van der Waals surface area contributed by atoms with Gasteiger partial charge in [-0.25, -0.2) is 9.78 Å². The molecular formula is C17H14N2O2. The first-order valence-electron chi connectivity index (χ1n) is 6.76. The molecule has 0 bridgehead atoms. The number of nitrogens with zero attached hydrogens (tertiary/aromatic N) is 2. The number of aryl methyl sites for hydroxylation is 1. The van der Waals surface area contributed by atoms with E-state index in [1.807, 2.05) is 37.3 Å². The fraction of sp³-hybridized carbons (Fsp3) is 0.118. The number of carboxylic acid groups (broad SMARTS) is 1. The van der Waals surface area contributed by atoms with Gasteiger partial charge >= 0.3 is 5.97 Å². The van der Waals surface area contributed by atoms with Crippen LogP contribution in [0.1, 0.15) is 22.8 Å². The van der Waals surface area contributed by atoms with E-state index >= 15 is 0 Å². The highest BCUT2D eigenvalue weighted by atomic mass is 16.4. The van der Waals surface area contributed by atoms with Crippen LogP contribution in [0.5, 0.6) is 0 Å². The Labute approximate surface area is 122 Å². The quantitative estimate of drug-likeness (QED) is 0.795. The molecule has 0 spiro atoms. The molecule has 0 atom stereocenters. The molecule has 1 N–H and O–H groups in total. The maximum atomic E-state index is 11.6. The van der Waals surface area contributed by atoms with Gasteiger partial charge in [-0.15, -0.1) is 0 Å². The summed E-state index contributed by atoms with van der Waals surface area (Å²) in [5.74, 6) is -0.939. The molecule has 0 fully saturated rings. The van der Waals surface area contributed by atoms with Gasteiger partial charge in [0.05, 0.1) is 16.8 Å². The molecule has 0 aliphatic rings. The highest BCUT2D eigenvalue weighted by Gasteiger charge is 2.13. The van der Waals surface area contributed by atoms with Crippen molar-refractivity contribution in [2.45, 2.75) is 13.3 Å². The van der Waals surface area contributed by atoms with Crippen LogP contribution in [0.3, 0.4) is 0 Å². The molecule has 21 heavy (non-hydrogen) atoms. The summed E-state index contributed by atoms with van der Waals surface area (Å²) in [6.07, 6.45) is 4.20. The molecule has 4 nitrogen and oxygen atoms in total. The Morgan fingerprint density at radius 1 is 1.14 bits per heavy atom. The fourth-order valence-electron chi connectivity index (χ4n) is 2.34. The molecule has 1 aromatic carbocycles. The minimum Gasteiger partial charge on any atom is -0.478 e. The molecule has 0 unspecified atom stereocenters. The molecule has 4 heteroatoms. The van der Waals surface area contributed by atoms with Crippen LogP contribution in [-0.4, -0.2) is 21.0 Å². The number of carbonyl (C=O) groups is 1. The third-order valence-corrected chi connectivity index (χ3v) is 3.49. The third kappa shape index (κ3) is 2.48. The number of pyridine rings is 2. The van der Waals surface area contributed by atoms with Gasteiger partial charge in [-0.1, -0.05) is 13.0 Å². The second-order valence-electron chi connectivity index (χ2n) is 4.80. The summed E-state index contributed by atoms with van der Waals surface area (Å²) in [5.41, 5.74) is 3.57. The number of rotatable bonds is 3. The van der Waals surface area contributed by atoms with Crippen molar-refractivity contribution < 1.29 is 9.90 Å². The van der Waals surface area contributed by atoms with E-state index in [0.717, 1.165) is 17.5 Å². The molecule has 3 aromatic rings. The van der Waals surface area contributed by atoms with Gasteiger partial charge in [0.25, 0.3) is 0 Å². The van der Waals surface area contributed by atoms with Crippen molar-refractivity contribution in [1.82, 2.24) is 9.97 Å². The minimum absolute atomic E-state index is 0.280. The standard InChI is InChI=1S/C17H14N2O2/c1-2-11-3-4-15-13(9-11)14(17(20)21)10-16(19-15)12-5-7-18-8-6-12/h3-10H,2H2,1H3,(H,20,21). The monoisotopic (exact) mass is 278 g/mol. The maximum Gasteiger partial charge on any atom is 0.336 e. The van der Waals surface area contributed by atoms with Crippen molar-refractivity contribution in [2.24, 2.45) is 0 Å². The van der Waals surface area contributed by atoms with Crippen LogP contribution in [0.15, 0.2) is 48.8 Å². The number of fused-ring (bicyclic) bond motifs is 1. The maximum absolute atomic E-state index is 11.6. The van der Waals surface area contributed by atoms with Gasteiger partial charge in [-0.3, -0.25) is 4.98 Å². The van der Waals surface area contributed by atoms with E-state index in [2.05, 4.69) is 9.97 Å². The first kappa shape index (κ1) is 13.2. The van der Waals surface area contributed by atoms with E-state index in [4.69, 9.17) is 0 Å². The molecule has 0 saturated carbocycles. The van der Waals surface area contributed by atoms with Crippen LogP contribution in [-0.2, 0) is 6.42 Å².